The molecular weight excluding hydrogens is 256 g/mol. The minimum Gasteiger partial charge on any atom is -0.458 e. The van der Waals surface area contributed by atoms with Crippen LogP contribution in [0, 0.1) is 0 Å². The lowest BCUT2D eigenvalue weighted by molar-refractivity contribution is 0.0549. The molecule has 3 heteroatoms. The van der Waals surface area contributed by atoms with Gasteiger partial charge in [-0.2, -0.15) is 0 Å². The van der Waals surface area contributed by atoms with Crippen LogP contribution in [-0.2, 0) is 4.74 Å². The summed E-state index contributed by atoms with van der Waals surface area (Å²) in [6, 6.07) is 8.88. The Morgan fingerprint density at radius 2 is 2.07 bits per heavy atom. The molecule has 0 radical (unpaired) electrons. The summed E-state index contributed by atoms with van der Waals surface area (Å²) in [6.45, 7) is 3.87. The number of benzene rings is 1. The maximum Gasteiger partial charge on any atom is 0.338 e. The molecule has 0 fully saturated rings. The van der Waals surface area contributed by atoms with Gasteiger partial charge >= 0.3 is 5.97 Å². The molecule has 0 atom stereocenters. The first kappa shape index (κ1) is 11.7. The van der Waals surface area contributed by atoms with Crippen molar-refractivity contribution in [3.63, 3.8) is 0 Å². The first-order chi connectivity index (χ1) is 7.20. The lowest BCUT2D eigenvalue weighted by atomic mass is 10.2. The Kier molecular flexibility index (Phi) is 4.84. The first-order valence-corrected chi connectivity index (χ1v) is 5.22. The Labute approximate surface area is 97.4 Å². The van der Waals surface area contributed by atoms with E-state index in [9.17, 15) is 4.79 Å². The molecule has 0 aromatic heterocycles. The van der Waals surface area contributed by atoms with Gasteiger partial charge in [-0.05, 0) is 24.3 Å². The molecule has 0 heterocycles. The second-order valence-electron chi connectivity index (χ2n) is 2.81. The van der Waals surface area contributed by atoms with Crippen LogP contribution in [0.25, 0.3) is 0 Å². The van der Waals surface area contributed by atoms with Gasteiger partial charge in [0, 0.05) is 4.48 Å². The maximum absolute atomic E-state index is 11.4. The van der Waals surface area contributed by atoms with Gasteiger partial charge in [0.05, 0.1) is 5.56 Å². The summed E-state index contributed by atoms with van der Waals surface area (Å²) in [5.74, 6) is -0.319. The summed E-state index contributed by atoms with van der Waals surface area (Å²) in [5, 5.41) is 0. The van der Waals surface area contributed by atoms with Gasteiger partial charge in [0.2, 0.25) is 0 Å². The van der Waals surface area contributed by atoms with Crippen LogP contribution in [0.2, 0.25) is 0 Å². The lowest BCUT2D eigenvalue weighted by Crippen LogP contribution is -2.04. The van der Waals surface area contributed by atoms with Gasteiger partial charge in [-0.3, -0.25) is 0 Å². The molecule has 2 nitrogen and oxygen atoms in total. The van der Waals surface area contributed by atoms with Crippen LogP contribution in [0.1, 0.15) is 10.4 Å². The zero-order valence-electron chi connectivity index (χ0n) is 8.15. The lowest BCUT2D eigenvalue weighted by Gasteiger charge is -2.00. The van der Waals surface area contributed by atoms with Gasteiger partial charge in [-0.15, -0.1) is 0 Å². The van der Waals surface area contributed by atoms with E-state index in [0.717, 1.165) is 4.48 Å². The first-order valence-electron chi connectivity index (χ1n) is 4.43. The van der Waals surface area contributed by atoms with Crippen LogP contribution in [0.4, 0.5) is 0 Å². The SMILES string of the molecule is C=C(Br)/C=C/COC(=O)c1ccccc1. The number of rotatable bonds is 4. The van der Waals surface area contributed by atoms with Crippen molar-refractivity contribution >= 4 is 21.9 Å². The summed E-state index contributed by atoms with van der Waals surface area (Å²) >= 11 is 3.16. The Morgan fingerprint density at radius 1 is 1.40 bits per heavy atom. The number of halogens is 1. The Balaban J connectivity index is 2.41. The molecule has 0 saturated carbocycles. The minimum atomic E-state index is -0.319. The van der Waals surface area contributed by atoms with Crippen molar-refractivity contribution in [3.05, 3.63) is 59.1 Å². The maximum atomic E-state index is 11.4. The van der Waals surface area contributed by atoms with Crippen LogP contribution in [0.3, 0.4) is 0 Å². The average molecular weight is 267 g/mol. The predicted molar refractivity (Wildman–Crippen MR) is 63.9 cm³/mol. The van der Waals surface area contributed by atoms with Gasteiger partial charge in [0.15, 0.2) is 0 Å². The standard InChI is InChI=1S/C12H11BrO2/c1-10(13)6-5-9-15-12(14)11-7-3-2-4-8-11/h2-8H,1,9H2/b6-5+. The average Bonchev–Trinajstić information content (AvgIpc) is 2.25. The monoisotopic (exact) mass is 266 g/mol. The molecule has 0 unspecified atom stereocenters. The van der Waals surface area contributed by atoms with Crippen molar-refractivity contribution < 1.29 is 9.53 Å². The zero-order valence-corrected chi connectivity index (χ0v) is 9.74. The van der Waals surface area contributed by atoms with Crippen molar-refractivity contribution in [3.8, 4) is 0 Å². The zero-order chi connectivity index (χ0) is 11.1. The van der Waals surface area contributed by atoms with E-state index in [0.29, 0.717) is 5.56 Å². The molecule has 15 heavy (non-hydrogen) atoms. The summed E-state index contributed by atoms with van der Waals surface area (Å²) in [4.78, 5) is 11.4. The highest BCUT2D eigenvalue weighted by Gasteiger charge is 2.03. The molecule has 0 bridgehead atoms. The third kappa shape index (κ3) is 4.61. The quantitative estimate of drug-likeness (QED) is 0.618. The van der Waals surface area contributed by atoms with E-state index in [1.165, 1.54) is 0 Å². The Morgan fingerprint density at radius 3 is 2.67 bits per heavy atom. The van der Waals surface area contributed by atoms with E-state index in [1.807, 2.05) is 6.07 Å². The fourth-order valence-corrected chi connectivity index (χ4v) is 1.14. The number of carbonyl (C=O) groups is 1. The fraction of sp³-hybridized carbons (Fsp3) is 0.0833. The van der Waals surface area contributed by atoms with Crippen molar-refractivity contribution in [2.75, 3.05) is 6.61 Å². The molecule has 0 aliphatic carbocycles. The van der Waals surface area contributed by atoms with Crippen molar-refractivity contribution in [2.45, 2.75) is 0 Å². The van der Waals surface area contributed by atoms with Gasteiger partial charge in [-0.25, -0.2) is 4.79 Å². The number of carbonyl (C=O) groups excluding carboxylic acids is 1. The molecule has 78 valence electrons. The molecule has 0 aliphatic heterocycles. The van der Waals surface area contributed by atoms with Crippen LogP contribution in [0.5, 0.6) is 0 Å². The topological polar surface area (TPSA) is 26.3 Å². The smallest absolute Gasteiger partial charge is 0.338 e. The van der Waals surface area contributed by atoms with E-state index in [1.54, 1.807) is 36.4 Å². The molecule has 0 aliphatic rings. The van der Waals surface area contributed by atoms with Crippen molar-refractivity contribution in [2.24, 2.45) is 0 Å². The minimum absolute atomic E-state index is 0.248. The van der Waals surface area contributed by atoms with Crippen molar-refractivity contribution in [1.82, 2.24) is 0 Å². The van der Waals surface area contributed by atoms with Crippen LogP contribution in [-0.4, -0.2) is 12.6 Å². The van der Waals surface area contributed by atoms with E-state index >= 15 is 0 Å². The molecule has 0 saturated heterocycles. The van der Waals surface area contributed by atoms with E-state index in [2.05, 4.69) is 22.5 Å². The number of hydrogen-bond acceptors (Lipinski definition) is 2. The fourth-order valence-electron chi connectivity index (χ4n) is 0.957. The van der Waals surface area contributed by atoms with Crippen molar-refractivity contribution in [1.29, 1.82) is 0 Å². The van der Waals surface area contributed by atoms with Gasteiger partial charge in [0.25, 0.3) is 0 Å². The van der Waals surface area contributed by atoms with Gasteiger partial charge < -0.3 is 4.74 Å². The number of allylic oxidation sites excluding steroid dienone is 2. The second kappa shape index (κ2) is 6.19. The molecular formula is C12H11BrO2. The predicted octanol–water partition coefficient (Wildman–Crippen LogP) is 3.31. The summed E-state index contributed by atoms with van der Waals surface area (Å²) < 4.78 is 5.74. The van der Waals surface area contributed by atoms with E-state index in [4.69, 9.17) is 4.74 Å². The van der Waals surface area contributed by atoms with E-state index < -0.39 is 0 Å². The molecule has 0 N–H and O–H groups in total. The summed E-state index contributed by atoms with van der Waals surface area (Å²) in [5.41, 5.74) is 0.559. The number of esters is 1. The molecule has 1 aromatic rings. The van der Waals surface area contributed by atoms with Crippen LogP contribution in [0.15, 0.2) is 53.5 Å². The molecule has 0 amide bonds. The highest BCUT2D eigenvalue weighted by atomic mass is 79.9. The second-order valence-corrected chi connectivity index (χ2v) is 3.83. The van der Waals surface area contributed by atoms with Crippen LogP contribution < -0.4 is 0 Å². The normalized spacial score (nSPS) is 10.2. The highest BCUT2D eigenvalue weighted by molar-refractivity contribution is 9.11. The summed E-state index contributed by atoms with van der Waals surface area (Å²) in [7, 11) is 0. The van der Waals surface area contributed by atoms with Crippen LogP contribution >= 0.6 is 15.9 Å². The molecule has 0 spiro atoms. The molecule has 1 rings (SSSR count). The highest BCUT2D eigenvalue weighted by Crippen LogP contribution is 2.03. The Hall–Kier alpha value is -1.35. The van der Waals surface area contributed by atoms with Gasteiger partial charge in [-0.1, -0.05) is 40.7 Å². The number of hydrogen-bond donors (Lipinski definition) is 0. The Bertz CT molecular complexity index is 368. The third-order valence-corrected chi connectivity index (χ3v) is 1.88. The van der Waals surface area contributed by atoms with E-state index in [-0.39, 0.29) is 12.6 Å². The number of ether oxygens (including phenoxy) is 1. The summed E-state index contributed by atoms with van der Waals surface area (Å²) in [6.07, 6.45) is 3.45. The third-order valence-electron chi connectivity index (χ3n) is 1.62. The van der Waals surface area contributed by atoms with Gasteiger partial charge in [0.1, 0.15) is 6.61 Å². The molecule has 1 aromatic carbocycles. The largest absolute Gasteiger partial charge is 0.458 e.